The van der Waals surface area contributed by atoms with Gasteiger partial charge in [-0.3, -0.25) is 9.59 Å². The van der Waals surface area contributed by atoms with Crippen molar-refractivity contribution in [1.29, 1.82) is 0 Å². The van der Waals surface area contributed by atoms with Crippen LogP contribution in [-0.2, 0) is 0 Å². The Kier molecular flexibility index (Phi) is 6.68. The number of halogens is 1. The summed E-state index contributed by atoms with van der Waals surface area (Å²) in [6.45, 7) is 8.49. The summed E-state index contributed by atoms with van der Waals surface area (Å²) in [5, 5.41) is 43.3. The van der Waals surface area contributed by atoms with Gasteiger partial charge in [0.25, 0.3) is 0 Å². The number of phenols is 4. The molecule has 2 unspecified atom stereocenters. The Morgan fingerprint density at radius 1 is 1.09 bits per heavy atom. The van der Waals surface area contributed by atoms with Gasteiger partial charge >= 0.3 is 0 Å². The van der Waals surface area contributed by atoms with E-state index in [0.717, 1.165) is 0 Å². The van der Waals surface area contributed by atoms with Gasteiger partial charge in [-0.2, -0.15) is 0 Å². The minimum Gasteiger partial charge on any atom is -0.507 e. The summed E-state index contributed by atoms with van der Waals surface area (Å²) in [6, 6.07) is 0. The molecule has 0 saturated carbocycles. The molecule has 8 nitrogen and oxygen atoms in total. The summed E-state index contributed by atoms with van der Waals surface area (Å²) in [6.07, 6.45) is 0.843. The number of Topliss-reactive ketones (excluding diaryl/α,β-unsaturated/α-hetero) is 2. The second kappa shape index (κ2) is 8.91. The zero-order chi connectivity index (χ0) is 25.7. The molecule has 0 radical (unpaired) electrons. The van der Waals surface area contributed by atoms with E-state index in [0.29, 0.717) is 12.8 Å². The molecule has 34 heavy (non-hydrogen) atoms. The number of methoxy groups -OCH3 is 1. The number of phenolic OH excluding ortho intramolecular Hbond substituents is 4. The fraction of sp³-hybridized carbons (Fsp3) is 0.440. The van der Waals surface area contributed by atoms with E-state index in [1.165, 1.54) is 14.0 Å². The van der Waals surface area contributed by atoms with Crippen molar-refractivity contribution >= 4 is 23.2 Å². The van der Waals surface area contributed by atoms with E-state index >= 15 is 0 Å². The first-order valence-electron chi connectivity index (χ1n) is 11.0. The van der Waals surface area contributed by atoms with Crippen LogP contribution >= 0.6 is 11.6 Å². The van der Waals surface area contributed by atoms with Gasteiger partial charge in [-0.25, -0.2) is 0 Å². The van der Waals surface area contributed by atoms with Crippen LogP contribution in [0.4, 0.5) is 0 Å². The lowest BCUT2D eigenvalue weighted by Crippen LogP contribution is -2.38. The Labute approximate surface area is 202 Å². The maximum Gasteiger partial charge on any atom is 0.174 e. The van der Waals surface area contributed by atoms with E-state index in [4.69, 9.17) is 21.1 Å². The fourth-order valence-corrected chi connectivity index (χ4v) is 4.34. The molecule has 0 aromatic heterocycles. The van der Waals surface area contributed by atoms with Crippen LogP contribution in [0.15, 0.2) is 0 Å². The van der Waals surface area contributed by atoms with E-state index in [2.05, 4.69) is 0 Å². The number of benzene rings is 2. The molecule has 3 rings (SSSR count). The molecular formula is C25H29ClO8. The molecule has 1 aliphatic rings. The minimum absolute atomic E-state index is 0.0160. The molecule has 4 N–H and O–H groups in total. The lowest BCUT2D eigenvalue weighted by atomic mass is 9.84. The molecule has 0 amide bonds. The molecule has 2 atom stereocenters. The van der Waals surface area contributed by atoms with Gasteiger partial charge < -0.3 is 29.9 Å². The fourth-order valence-electron chi connectivity index (χ4n) is 4.15. The smallest absolute Gasteiger partial charge is 0.174 e. The Balaban J connectivity index is 2.52. The van der Waals surface area contributed by atoms with Crippen LogP contribution < -0.4 is 9.47 Å². The van der Waals surface area contributed by atoms with Gasteiger partial charge in [0.05, 0.1) is 24.7 Å². The molecule has 2 aromatic rings. The van der Waals surface area contributed by atoms with Gasteiger partial charge in [-0.1, -0.05) is 32.4 Å². The van der Waals surface area contributed by atoms with Crippen LogP contribution in [-0.4, -0.2) is 44.7 Å². The molecule has 2 aromatic carbocycles. The molecule has 0 spiro atoms. The van der Waals surface area contributed by atoms with Crippen molar-refractivity contribution in [2.75, 3.05) is 7.11 Å². The van der Waals surface area contributed by atoms with Gasteiger partial charge in [0, 0.05) is 11.5 Å². The summed E-state index contributed by atoms with van der Waals surface area (Å²) >= 11 is 6.16. The zero-order valence-corrected chi connectivity index (χ0v) is 20.8. The minimum atomic E-state index is -0.979. The molecule has 0 aliphatic carbocycles. The first-order valence-corrected chi connectivity index (χ1v) is 11.4. The highest BCUT2D eigenvalue weighted by molar-refractivity contribution is 6.35. The predicted octanol–water partition coefficient (Wildman–Crippen LogP) is 5.51. The molecule has 184 valence electrons. The Bertz CT molecular complexity index is 1200. The van der Waals surface area contributed by atoms with Crippen molar-refractivity contribution in [3.05, 3.63) is 21.7 Å². The van der Waals surface area contributed by atoms with E-state index in [1.807, 2.05) is 13.8 Å². The zero-order valence-electron chi connectivity index (χ0n) is 20.0. The third kappa shape index (κ3) is 3.70. The van der Waals surface area contributed by atoms with Gasteiger partial charge in [-0.15, -0.1) is 0 Å². The first kappa shape index (κ1) is 25.5. The SMILES string of the molecule is CCC(C)C(=O)c1c(O)c(-c2c(O)c(Cl)c(O)c3c2OC(C)(CC)CC3=O)c(O)c(C)c1OC. The molecule has 0 bridgehead atoms. The number of hydrogen-bond acceptors (Lipinski definition) is 8. The van der Waals surface area contributed by atoms with Gasteiger partial charge in [0.1, 0.15) is 50.5 Å². The maximum absolute atomic E-state index is 13.2. The first-order chi connectivity index (χ1) is 15.8. The van der Waals surface area contributed by atoms with Crippen molar-refractivity contribution in [2.24, 2.45) is 5.92 Å². The number of ketones is 2. The van der Waals surface area contributed by atoms with Crippen LogP contribution in [0.2, 0.25) is 5.02 Å². The monoisotopic (exact) mass is 492 g/mol. The van der Waals surface area contributed by atoms with E-state index in [-0.39, 0.29) is 45.7 Å². The van der Waals surface area contributed by atoms with Crippen LogP contribution in [0.5, 0.6) is 34.5 Å². The standard InChI is InChI=1S/C25H29ClO8/c1-7-10(3)18(28)16-20(30)14(19(29)11(4)23(16)33-6)15-22(32)17(26)21(31)13-12(27)9-25(5,8-2)34-24(13)15/h10,29-32H,7-9H2,1-6H3. The van der Waals surface area contributed by atoms with E-state index in [1.54, 1.807) is 13.8 Å². The largest absolute Gasteiger partial charge is 0.507 e. The summed E-state index contributed by atoms with van der Waals surface area (Å²) in [5.74, 6) is -4.21. The van der Waals surface area contributed by atoms with Crippen molar-refractivity contribution in [1.82, 2.24) is 0 Å². The second-order valence-electron chi connectivity index (χ2n) is 8.87. The van der Waals surface area contributed by atoms with E-state index < -0.39 is 51.1 Å². The quantitative estimate of drug-likeness (QED) is 0.388. The number of hydrogen-bond donors (Lipinski definition) is 4. The summed E-state index contributed by atoms with van der Waals surface area (Å²) in [4.78, 5) is 26.2. The molecule has 0 fully saturated rings. The average Bonchev–Trinajstić information content (AvgIpc) is 2.80. The Morgan fingerprint density at radius 2 is 1.68 bits per heavy atom. The van der Waals surface area contributed by atoms with Crippen LogP contribution in [0.1, 0.15) is 73.2 Å². The summed E-state index contributed by atoms with van der Waals surface area (Å²) in [5.41, 5.74) is -1.96. The van der Waals surface area contributed by atoms with Crippen LogP contribution in [0, 0.1) is 12.8 Å². The van der Waals surface area contributed by atoms with Gasteiger partial charge in [-0.05, 0) is 26.7 Å². The summed E-state index contributed by atoms with van der Waals surface area (Å²) in [7, 11) is 1.31. The number of carbonyl (C=O) groups excluding carboxylic acids is 2. The molecule has 0 saturated heterocycles. The third-order valence-corrected chi connectivity index (χ3v) is 7.00. The maximum atomic E-state index is 13.2. The Morgan fingerprint density at radius 3 is 2.21 bits per heavy atom. The van der Waals surface area contributed by atoms with Crippen LogP contribution in [0.3, 0.4) is 0 Å². The lowest BCUT2D eigenvalue weighted by Gasteiger charge is -2.36. The van der Waals surface area contributed by atoms with Gasteiger partial charge in [0.2, 0.25) is 0 Å². The number of ether oxygens (including phenoxy) is 2. The average molecular weight is 493 g/mol. The predicted molar refractivity (Wildman–Crippen MR) is 127 cm³/mol. The Hall–Kier alpha value is -3.13. The molecule has 1 heterocycles. The van der Waals surface area contributed by atoms with Crippen molar-refractivity contribution < 1.29 is 39.5 Å². The lowest BCUT2D eigenvalue weighted by molar-refractivity contribution is 0.0496. The molecular weight excluding hydrogens is 464 g/mol. The van der Waals surface area contributed by atoms with E-state index in [9.17, 15) is 30.0 Å². The highest BCUT2D eigenvalue weighted by Gasteiger charge is 2.42. The van der Waals surface area contributed by atoms with Crippen LogP contribution in [0.25, 0.3) is 11.1 Å². The molecule has 1 aliphatic heterocycles. The number of aromatic hydroxyl groups is 4. The number of fused-ring (bicyclic) bond motifs is 1. The van der Waals surface area contributed by atoms with Gasteiger partial charge in [0.15, 0.2) is 17.3 Å². The number of rotatable bonds is 6. The summed E-state index contributed by atoms with van der Waals surface area (Å²) < 4.78 is 11.4. The van der Waals surface area contributed by atoms with Crippen molar-refractivity contribution in [3.8, 4) is 45.6 Å². The normalized spacial score (nSPS) is 18.3. The number of carbonyl (C=O) groups is 2. The molecule has 9 heteroatoms. The van der Waals surface area contributed by atoms with Crippen molar-refractivity contribution in [2.45, 2.75) is 59.5 Å². The third-order valence-electron chi connectivity index (χ3n) is 6.65. The highest BCUT2D eigenvalue weighted by Crippen LogP contribution is 2.59. The van der Waals surface area contributed by atoms with Crippen molar-refractivity contribution in [3.63, 3.8) is 0 Å². The highest BCUT2D eigenvalue weighted by atomic mass is 35.5. The topological polar surface area (TPSA) is 134 Å². The second-order valence-corrected chi connectivity index (χ2v) is 9.25.